The van der Waals surface area contributed by atoms with Crippen molar-refractivity contribution in [2.24, 2.45) is 11.6 Å². The summed E-state index contributed by atoms with van der Waals surface area (Å²) in [5.74, 6) is 4.99. The molecule has 0 bridgehead atoms. The van der Waals surface area contributed by atoms with Gasteiger partial charge in [0.15, 0.2) is 5.70 Å². The Balaban J connectivity index is 1.88. The highest BCUT2D eigenvalue weighted by Crippen LogP contribution is 2.28. The summed E-state index contributed by atoms with van der Waals surface area (Å²) in [6.45, 7) is 2.63. The third-order valence-electron chi connectivity index (χ3n) is 4.15. The van der Waals surface area contributed by atoms with Crippen LogP contribution in [0.25, 0.3) is 17.1 Å². The topological polar surface area (TPSA) is 94.8 Å². The molecule has 28 heavy (non-hydrogen) atoms. The molecule has 1 aromatic carbocycles. The van der Waals surface area contributed by atoms with Gasteiger partial charge in [0.1, 0.15) is 5.69 Å². The highest BCUT2D eigenvalue weighted by atomic mass is 19.4. The van der Waals surface area contributed by atoms with Gasteiger partial charge < -0.3 is 15.7 Å². The number of aromatic nitrogens is 3. The second-order valence-corrected chi connectivity index (χ2v) is 6.28. The van der Waals surface area contributed by atoms with Gasteiger partial charge in [-0.2, -0.15) is 13.2 Å². The first-order valence-corrected chi connectivity index (χ1v) is 8.35. The number of nitrogens with zero attached hydrogens (tertiary/aromatic N) is 3. The van der Waals surface area contributed by atoms with Crippen LogP contribution in [0.2, 0.25) is 0 Å². The summed E-state index contributed by atoms with van der Waals surface area (Å²) in [5, 5.41) is 0. The molecule has 0 saturated carbocycles. The number of hydrogen-bond donors (Lipinski definition) is 3. The van der Waals surface area contributed by atoms with Crippen molar-refractivity contribution in [1.82, 2.24) is 20.0 Å². The lowest BCUT2D eigenvalue weighted by molar-refractivity contribution is -0.0961. The SMILES string of the molecule is Cc1ccc(Cn2cnc(-c3cc(/C(N)=C(/NN)C(F)(F)F)ccn3)c2)cc1. The Hall–Kier alpha value is -3.33. The van der Waals surface area contributed by atoms with E-state index in [-0.39, 0.29) is 5.56 Å². The van der Waals surface area contributed by atoms with E-state index < -0.39 is 17.6 Å². The van der Waals surface area contributed by atoms with Gasteiger partial charge in [0.2, 0.25) is 0 Å². The lowest BCUT2D eigenvalue weighted by Crippen LogP contribution is -2.34. The highest BCUT2D eigenvalue weighted by Gasteiger charge is 2.36. The van der Waals surface area contributed by atoms with Gasteiger partial charge in [0, 0.05) is 24.5 Å². The van der Waals surface area contributed by atoms with Crippen LogP contribution in [0, 0.1) is 6.92 Å². The van der Waals surface area contributed by atoms with Crippen LogP contribution in [0.5, 0.6) is 0 Å². The van der Waals surface area contributed by atoms with Gasteiger partial charge in [-0.05, 0) is 24.6 Å². The third-order valence-corrected chi connectivity index (χ3v) is 4.15. The second kappa shape index (κ2) is 7.73. The molecule has 0 fully saturated rings. The molecule has 146 valence electrons. The molecule has 3 aromatic rings. The summed E-state index contributed by atoms with van der Waals surface area (Å²) in [4.78, 5) is 8.48. The molecule has 0 amide bonds. The number of aryl methyl sites for hydroxylation is 1. The first-order chi connectivity index (χ1) is 13.3. The molecule has 5 N–H and O–H groups in total. The molecule has 0 aliphatic carbocycles. The van der Waals surface area contributed by atoms with Crippen molar-refractivity contribution in [2.75, 3.05) is 0 Å². The average molecular weight is 388 g/mol. The molecule has 6 nitrogen and oxygen atoms in total. The zero-order valence-corrected chi connectivity index (χ0v) is 15.0. The fraction of sp³-hybridized carbons (Fsp3) is 0.158. The van der Waals surface area contributed by atoms with Gasteiger partial charge in [0.05, 0.1) is 17.7 Å². The van der Waals surface area contributed by atoms with E-state index in [9.17, 15) is 13.2 Å². The van der Waals surface area contributed by atoms with Gasteiger partial charge in [-0.1, -0.05) is 29.8 Å². The van der Waals surface area contributed by atoms with Crippen molar-refractivity contribution >= 4 is 5.70 Å². The normalized spacial score (nSPS) is 12.6. The number of imidazole rings is 1. The first kappa shape index (κ1) is 19.4. The van der Waals surface area contributed by atoms with Crippen LogP contribution in [0.4, 0.5) is 13.2 Å². The lowest BCUT2D eigenvalue weighted by atomic mass is 10.1. The molecule has 0 aliphatic rings. The molecule has 0 saturated heterocycles. The number of rotatable bonds is 5. The van der Waals surface area contributed by atoms with E-state index in [1.54, 1.807) is 17.9 Å². The average Bonchev–Trinajstić information content (AvgIpc) is 3.11. The maximum Gasteiger partial charge on any atom is 0.434 e. The number of halogens is 3. The zero-order chi connectivity index (χ0) is 20.3. The minimum Gasteiger partial charge on any atom is -0.397 e. The van der Waals surface area contributed by atoms with Crippen molar-refractivity contribution in [2.45, 2.75) is 19.6 Å². The van der Waals surface area contributed by atoms with E-state index in [0.29, 0.717) is 17.9 Å². The number of alkyl halides is 3. The van der Waals surface area contributed by atoms with E-state index in [2.05, 4.69) is 9.97 Å². The third kappa shape index (κ3) is 4.32. The Kier molecular flexibility index (Phi) is 5.36. The molecule has 0 aliphatic heterocycles. The number of nitrogens with one attached hydrogen (secondary N) is 1. The minimum absolute atomic E-state index is 0.142. The fourth-order valence-electron chi connectivity index (χ4n) is 2.68. The standard InChI is InChI=1S/C19H19F3N6/c1-12-2-4-13(5-3-12)9-28-10-16(26-11-28)15-8-14(6-7-25-15)17(23)18(27-24)19(20,21)22/h2-8,10-11,27H,9,23-24H2,1H3/b18-17-. The summed E-state index contributed by atoms with van der Waals surface area (Å²) in [6.07, 6.45) is 0.0992. The van der Waals surface area contributed by atoms with Crippen molar-refractivity contribution in [3.05, 3.63) is 77.5 Å². The van der Waals surface area contributed by atoms with Crippen LogP contribution < -0.4 is 17.0 Å². The van der Waals surface area contributed by atoms with Gasteiger partial charge >= 0.3 is 6.18 Å². The molecule has 3 rings (SSSR count). The van der Waals surface area contributed by atoms with Crippen molar-refractivity contribution < 1.29 is 13.2 Å². The maximum atomic E-state index is 13.0. The highest BCUT2D eigenvalue weighted by molar-refractivity contribution is 5.69. The van der Waals surface area contributed by atoms with Gasteiger partial charge in [-0.25, -0.2) is 4.98 Å². The summed E-state index contributed by atoms with van der Waals surface area (Å²) < 4.78 is 40.9. The fourth-order valence-corrected chi connectivity index (χ4v) is 2.68. The van der Waals surface area contributed by atoms with E-state index in [0.717, 1.165) is 5.56 Å². The van der Waals surface area contributed by atoms with Crippen LogP contribution in [0.3, 0.4) is 0 Å². The predicted octanol–water partition coefficient (Wildman–Crippen LogP) is 2.95. The van der Waals surface area contributed by atoms with Crippen molar-refractivity contribution in [3.8, 4) is 11.4 Å². The quantitative estimate of drug-likeness (QED) is 0.461. The summed E-state index contributed by atoms with van der Waals surface area (Å²) in [6, 6.07) is 10.9. The van der Waals surface area contributed by atoms with Crippen LogP contribution in [-0.2, 0) is 6.54 Å². The van der Waals surface area contributed by atoms with E-state index in [4.69, 9.17) is 11.6 Å². The monoisotopic (exact) mass is 388 g/mol. The number of benzene rings is 1. The molecule has 9 heteroatoms. The largest absolute Gasteiger partial charge is 0.434 e. The lowest BCUT2D eigenvalue weighted by Gasteiger charge is -2.14. The number of nitrogens with two attached hydrogens (primary N) is 2. The number of pyridine rings is 1. The Morgan fingerprint density at radius 3 is 2.46 bits per heavy atom. The zero-order valence-electron chi connectivity index (χ0n) is 15.0. The van der Waals surface area contributed by atoms with E-state index >= 15 is 0 Å². The Morgan fingerprint density at radius 2 is 1.82 bits per heavy atom. The molecular formula is C19H19F3N6. The van der Waals surface area contributed by atoms with Gasteiger partial charge in [0.25, 0.3) is 0 Å². The number of hydrazine groups is 1. The molecule has 0 atom stereocenters. The Bertz CT molecular complexity index is 989. The molecule has 2 heterocycles. The Morgan fingerprint density at radius 1 is 1.11 bits per heavy atom. The predicted molar refractivity (Wildman–Crippen MR) is 100 cm³/mol. The minimum atomic E-state index is -4.70. The van der Waals surface area contributed by atoms with Gasteiger partial charge in [-0.15, -0.1) is 0 Å². The smallest absolute Gasteiger partial charge is 0.397 e. The van der Waals surface area contributed by atoms with E-state index in [1.807, 2.05) is 35.8 Å². The van der Waals surface area contributed by atoms with Crippen molar-refractivity contribution in [1.29, 1.82) is 0 Å². The number of allylic oxidation sites excluding steroid dienone is 1. The molecule has 0 unspecified atom stereocenters. The molecule has 0 radical (unpaired) electrons. The van der Waals surface area contributed by atoms with Crippen LogP contribution in [0.15, 0.2) is 60.8 Å². The summed E-state index contributed by atoms with van der Waals surface area (Å²) in [7, 11) is 0. The molecular weight excluding hydrogens is 369 g/mol. The maximum absolute atomic E-state index is 13.0. The summed E-state index contributed by atoms with van der Waals surface area (Å²) in [5.41, 5.74) is 8.91. The molecule has 0 spiro atoms. The summed E-state index contributed by atoms with van der Waals surface area (Å²) >= 11 is 0. The van der Waals surface area contributed by atoms with Gasteiger partial charge in [-0.3, -0.25) is 10.8 Å². The van der Waals surface area contributed by atoms with Crippen molar-refractivity contribution in [3.63, 3.8) is 0 Å². The van der Waals surface area contributed by atoms with E-state index in [1.165, 1.54) is 23.9 Å². The van der Waals surface area contributed by atoms with Crippen LogP contribution in [-0.4, -0.2) is 20.7 Å². The number of hydrogen-bond acceptors (Lipinski definition) is 5. The molecule has 2 aromatic heterocycles. The van der Waals surface area contributed by atoms with Crippen LogP contribution in [0.1, 0.15) is 16.7 Å². The Labute approximate surface area is 159 Å². The second-order valence-electron chi connectivity index (χ2n) is 6.28. The first-order valence-electron chi connectivity index (χ1n) is 8.35. The van der Waals surface area contributed by atoms with Crippen LogP contribution >= 0.6 is 0 Å².